The molecule has 0 saturated heterocycles. The van der Waals surface area contributed by atoms with Crippen molar-refractivity contribution in [2.75, 3.05) is 0 Å². The van der Waals surface area contributed by atoms with Gasteiger partial charge in [-0.25, -0.2) is 0 Å². The average molecular weight is 573 g/mol. The summed E-state index contributed by atoms with van der Waals surface area (Å²) in [4.78, 5) is 0. The van der Waals surface area contributed by atoms with Crippen LogP contribution in [0.3, 0.4) is 0 Å². The molecule has 0 bridgehead atoms. The normalized spacial score (nSPS) is 13.5. The van der Waals surface area contributed by atoms with E-state index in [0.29, 0.717) is 45.3 Å². The molecular formula is C36H24N6O2. The molecule has 6 aromatic carbocycles. The van der Waals surface area contributed by atoms with Gasteiger partial charge in [0.25, 0.3) is 0 Å². The van der Waals surface area contributed by atoms with Crippen LogP contribution >= 0.6 is 0 Å². The van der Waals surface area contributed by atoms with Gasteiger partial charge in [-0.15, -0.1) is 0 Å². The van der Waals surface area contributed by atoms with Crippen LogP contribution in [0.15, 0.2) is 109 Å². The van der Waals surface area contributed by atoms with E-state index in [1.54, 1.807) is 0 Å². The maximum atomic E-state index is 8.49. The van der Waals surface area contributed by atoms with Gasteiger partial charge in [0, 0.05) is 22.3 Å². The molecule has 8 nitrogen and oxygen atoms in total. The van der Waals surface area contributed by atoms with Gasteiger partial charge in [-0.3, -0.25) is 21.6 Å². The highest BCUT2D eigenvalue weighted by molar-refractivity contribution is 6.25. The van der Waals surface area contributed by atoms with Crippen molar-refractivity contribution in [2.24, 2.45) is 0 Å². The Morgan fingerprint density at radius 3 is 1.23 bits per heavy atom. The second-order valence-electron chi connectivity index (χ2n) is 10.6. The Balaban J connectivity index is 1.39. The van der Waals surface area contributed by atoms with Crippen molar-refractivity contribution in [1.29, 1.82) is 21.6 Å². The third-order valence-corrected chi connectivity index (χ3v) is 8.06. The quantitative estimate of drug-likeness (QED) is 0.126. The van der Waals surface area contributed by atoms with Crippen LogP contribution in [-0.2, 0) is 0 Å². The molecule has 0 aromatic heterocycles. The van der Waals surface area contributed by atoms with Crippen molar-refractivity contribution in [1.82, 2.24) is 10.6 Å². The SMILES string of the molecule is N=C1NC(=N)c2c(Oc3ccc4ccccc4c3-c3c(Oc4cccc5c4C(=N)NC5=N)ccc4ccccc34)cccc21. The van der Waals surface area contributed by atoms with Crippen molar-refractivity contribution in [3.8, 4) is 34.1 Å². The summed E-state index contributed by atoms with van der Waals surface area (Å²) in [5.74, 6) is 2.66. The molecule has 2 heterocycles. The van der Waals surface area contributed by atoms with E-state index >= 15 is 0 Å². The molecule has 0 aliphatic carbocycles. The Labute approximate surface area is 251 Å². The number of nitrogens with one attached hydrogen (secondary N) is 6. The molecule has 0 unspecified atom stereocenters. The minimum Gasteiger partial charge on any atom is -0.456 e. The summed E-state index contributed by atoms with van der Waals surface area (Å²) in [6.45, 7) is 0. The standard InChI is InChI=1S/C36H24N6O2/c37-33-23-11-5-13-25(31(23)35(39)41-33)43-27-17-15-19-7-1-3-9-21(19)29(27)30-22-10-4-2-8-20(22)16-18-28(30)44-26-14-6-12-24-32(26)36(40)42-34(24)38/h1-18H,(H3,37,39,41)(H3,38,40,42). The summed E-state index contributed by atoms with van der Waals surface area (Å²) in [7, 11) is 0. The van der Waals surface area contributed by atoms with E-state index in [2.05, 4.69) is 34.9 Å². The Hall–Kier alpha value is -6.28. The van der Waals surface area contributed by atoms with Crippen molar-refractivity contribution in [3.05, 3.63) is 131 Å². The molecule has 210 valence electrons. The lowest BCUT2D eigenvalue weighted by Crippen LogP contribution is -2.20. The molecule has 0 atom stereocenters. The molecule has 2 aliphatic rings. The van der Waals surface area contributed by atoms with Crippen molar-refractivity contribution in [3.63, 3.8) is 0 Å². The molecule has 0 fully saturated rings. The van der Waals surface area contributed by atoms with E-state index in [1.807, 2.05) is 84.9 Å². The third kappa shape index (κ3) is 3.85. The fourth-order valence-corrected chi connectivity index (χ4v) is 6.10. The Kier molecular flexibility index (Phi) is 5.57. The number of ether oxygens (including phenoxy) is 2. The molecule has 8 heteroatoms. The number of hydrogen-bond acceptors (Lipinski definition) is 6. The fourth-order valence-electron chi connectivity index (χ4n) is 6.10. The van der Waals surface area contributed by atoms with Crippen LogP contribution in [0.25, 0.3) is 32.7 Å². The second-order valence-corrected chi connectivity index (χ2v) is 10.6. The number of benzene rings is 6. The smallest absolute Gasteiger partial charge is 0.139 e. The van der Waals surface area contributed by atoms with Gasteiger partial charge in [0.05, 0.1) is 11.1 Å². The van der Waals surface area contributed by atoms with Crippen LogP contribution < -0.4 is 20.1 Å². The zero-order valence-corrected chi connectivity index (χ0v) is 23.2. The summed E-state index contributed by atoms with van der Waals surface area (Å²) in [6, 6.07) is 35.0. The molecule has 0 saturated carbocycles. The maximum absolute atomic E-state index is 8.49. The van der Waals surface area contributed by atoms with E-state index in [1.165, 1.54) is 0 Å². The minimum atomic E-state index is 0.122. The first-order valence-corrected chi connectivity index (χ1v) is 14.0. The molecule has 0 spiro atoms. The monoisotopic (exact) mass is 572 g/mol. The zero-order chi connectivity index (χ0) is 29.9. The lowest BCUT2D eigenvalue weighted by atomic mass is 9.92. The van der Waals surface area contributed by atoms with Gasteiger partial charge in [0.2, 0.25) is 0 Å². The highest BCUT2D eigenvalue weighted by Gasteiger charge is 2.28. The highest BCUT2D eigenvalue weighted by atomic mass is 16.5. The van der Waals surface area contributed by atoms with Crippen LogP contribution in [-0.4, -0.2) is 23.3 Å². The lowest BCUT2D eigenvalue weighted by Gasteiger charge is -2.20. The number of rotatable bonds is 5. The summed E-state index contributed by atoms with van der Waals surface area (Å²) >= 11 is 0. The number of hydrogen-bond donors (Lipinski definition) is 6. The number of amidine groups is 4. The average Bonchev–Trinajstić information content (AvgIpc) is 3.51. The summed E-state index contributed by atoms with van der Waals surface area (Å²) < 4.78 is 13.4. The van der Waals surface area contributed by atoms with Gasteiger partial charge in [-0.05, 0) is 45.8 Å². The van der Waals surface area contributed by atoms with Gasteiger partial charge in [-0.2, -0.15) is 0 Å². The van der Waals surface area contributed by atoms with Crippen LogP contribution in [0.1, 0.15) is 22.3 Å². The first-order valence-electron chi connectivity index (χ1n) is 14.0. The molecule has 6 N–H and O–H groups in total. The highest BCUT2D eigenvalue weighted by Crippen LogP contribution is 2.48. The zero-order valence-electron chi connectivity index (χ0n) is 23.2. The van der Waals surface area contributed by atoms with E-state index in [4.69, 9.17) is 31.1 Å². The maximum Gasteiger partial charge on any atom is 0.139 e. The molecule has 6 aromatic rings. The van der Waals surface area contributed by atoms with Crippen LogP contribution in [0.5, 0.6) is 23.0 Å². The molecule has 8 rings (SSSR count). The van der Waals surface area contributed by atoms with Crippen molar-refractivity contribution in [2.45, 2.75) is 0 Å². The summed E-state index contributed by atoms with van der Waals surface area (Å²) in [6.07, 6.45) is 0. The van der Waals surface area contributed by atoms with Gasteiger partial charge in [-0.1, -0.05) is 84.9 Å². The predicted octanol–water partition coefficient (Wildman–Crippen LogP) is 7.75. The summed E-state index contributed by atoms with van der Waals surface area (Å²) in [5.41, 5.74) is 3.94. The lowest BCUT2D eigenvalue weighted by molar-refractivity contribution is 0.477. The largest absolute Gasteiger partial charge is 0.456 e. The molecule has 44 heavy (non-hydrogen) atoms. The van der Waals surface area contributed by atoms with E-state index in [9.17, 15) is 0 Å². The van der Waals surface area contributed by atoms with Gasteiger partial charge < -0.3 is 20.1 Å². The first-order chi connectivity index (χ1) is 21.5. The van der Waals surface area contributed by atoms with Gasteiger partial charge >= 0.3 is 0 Å². The Morgan fingerprint density at radius 2 is 0.773 bits per heavy atom. The molecule has 0 radical (unpaired) electrons. The second kappa shape index (κ2) is 9.64. The van der Waals surface area contributed by atoms with Crippen molar-refractivity contribution >= 4 is 44.9 Å². The van der Waals surface area contributed by atoms with E-state index in [0.717, 1.165) is 32.7 Å². The molecule has 0 amide bonds. The predicted molar refractivity (Wildman–Crippen MR) is 174 cm³/mol. The molecule has 2 aliphatic heterocycles. The topological polar surface area (TPSA) is 138 Å². The fraction of sp³-hybridized carbons (Fsp3) is 0. The van der Waals surface area contributed by atoms with Gasteiger partial charge in [0.1, 0.15) is 46.3 Å². The van der Waals surface area contributed by atoms with E-state index in [-0.39, 0.29) is 23.3 Å². The first kappa shape index (κ1) is 25.4. The third-order valence-electron chi connectivity index (χ3n) is 8.06. The number of fused-ring (bicyclic) bond motifs is 4. The Morgan fingerprint density at radius 1 is 0.364 bits per heavy atom. The van der Waals surface area contributed by atoms with Gasteiger partial charge in [0.15, 0.2) is 0 Å². The summed E-state index contributed by atoms with van der Waals surface area (Å²) in [5, 5.41) is 43.1. The van der Waals surface area contributed by atoms with Crippen LogP contribution in [0.4, 0.5) is 0 Å². The van der Waals surface area contributed by atoms with E-state index < -0.39 is 0 Å². The minimum absolute atomic E-state index is 0.122. The van der Waals surface area contributed by atoms with Crippen molar-refractivity contribution < 1.29 is 9.47 Å². The van der Waals surface area contributed by atoms with Crippen LogP contribution in [0.2, 0.25) is 0 Å². The molecular weight excluding hydrogens is 548 g/mol. The Bertz CT molecular complexity index is 2110. The van der Waals surface area contributed by atoms with Crippen LogP contribution in [0, 0.1) is 21.6 Å².